The van der Waals surface area contributed by atoms with Gasteiger partial charge in [0.1, 0.15) is 31.0 Å². The fourth-order valence-electron chi connectivity index (χ4n) is 2.23. The summed E-state index contributed by atoms with van der Waals surface area (Å²) in [6.45, 7) is 5.46. The summed E-state index contributed by atoms with van der Waals surface area (Å²) in [5, 5.41) is 23.1. The normalized spacial score (nSPS) is 12.5. The maximum atomic E-state index is 12.6. The number of amides is 2. The molecule has 2 atom stereocenters. The van der Waals surface area contributed by atoms with Gasteiger partial charge in [-0.25, -0.2) is 9.59 Å². The zero-order chi connectivity index (χ0) is 26.9. The third-order valence-electron chi connectivity index (χ3n) is 3.65. The minimum absolute atomic E-state index is 0.0925. The van der Waals surface area contributed by atoms with Crippen molar-refractivity contribution < 1.29 is 53.2 Å². The van der Waals surface area contributed by atoms with Crippen molar-refractivity contribution in [2.45, 2.75) is 58.3 Å². The Hall–Kier alpha value is -3.63. The Morgan fingerprint density at radius 1 is 0.914 bits per heavy atom. The third kappa shape index (κ3) is 18.5. The quantitative estimate of drug-likeness (QED) is 0.119. The van der Waals surface area contributed by atoms with E-state index >= 15 is 0 Å². The van der Waals surface area contributed by atoms with Crippen LogP contribution in [-0.4, -0.2) is 85.7 Å². The van der Waals surface area contributed by atoms with Gasteiger partial charge >= 0.3 is 12.2 Å². The first-order valence-corrected chi connectivity index (χ1v) is 10.5. The minimum Gasteiger partial charge on any atom is -0.444 e. The standard InChI is InChI=1S/C18H32N4O13/c1-13(34-17(25)31-11-9-30-10-12-33-22(28)29)14(20-16(24)35-18(2,3)4)15(23)19-7-5-6-8-32-21(26)27/h13-14H,5-12H2,1-4H3,(H,19,23)(H,20,24). The second-order valence-electron chi connectivity index (χ2n) is 7.77. The number of hydrogen-bond acceptors (Lipinski definition) is 13. The van der Waals surface area contributed by atoms with Gasteiger partial charge < -0.3 is 39.3 Å². The number of unbranched alkanes of at least 4 members (excludes halogenated alkanes) is 1. The van der Waals surface area contributed by atoms with Gasteiger partial charge in [0.2, 0.25) is 5.91 Å². The fourth-order valence-corrected chi connectivity index (χ4v) is 2.23. The Balaban J connectivity index is 4.67. The average Bonchev–Trinajstić information content (AvgIpc) is 2.71. The molecule has 0 aliphatic heterocycles. The molecule has 2 N–H and O–H groups in total. The van der Waals surface area contributed by atoms with E-state index in [0.29, 0.717) is 12.8 Å². The van der Waals surface area contributed by atoms with Gasteiger partial charge in [0.05, 0.1) is 19.8 Å². The summed E-state index contributed by atoms with van der Waals surface area (Å²) >= 11 is 0. The topological polar surface area (TPSA) is 217 Å². The van der Waals surface area contributed by atoms with Crippen LogP contribution in [0.5, 0.6) is 0 Å². The minimum atomic E-state index is -1.34. The van der Waals surface area contributed by atoms with Crippen molar-refractivity contribution in [3.63, 3.8) is 0 Å². The molecule has 0 radical (unpaired) electrons. The molecule has 0 spiro atoms. The van der Waals surface area contributed by atoms with Crippen LogP contribution in [0.15, 0.2) is 0 Å². The summed E-state index contributed by atoms with van der Waals surface area (Å²) in [5.74, 6) is -0.694. The van der Waals surface area contributed by atoms with Gasteiger partial charge in [-0.1, -0.05) is 0 Å². The molecular weight excluding hydrogens is 480 g/mol. The molecule has 0 bridgehead atoms. The predicted molar refractivity (Wildman–Crippen MR) is 114 cm³/mol. The molecule has 0 aliphatic rings. The second-order valence-corrected chi connectivity index (χ2v) is 7.77. The molecule has 2 unspecified atom stereocenters. The Bertz CT molecular complexity index is 698. The first-order valence-electron chi connectivity index (χ1n) is 10.5. The van der Waals surface area contributed by atoms with Gasteiger partial charge in [0, 0.05) is 6.54 Å². The highest BCUT2D eigenvalue weighted by molar-refractivity contribution is 5.86. The van der Waals surface area contributed by atoms with Gasteiger partial charge in [-0.05, 0) is 40.5 Å². The number of carbonyl (C=O) groups is 3. The van der Waals surface area contributed by atoms with Crippen LogP contribution >= 0.6 is 0 Å². The lowest BCUT2D eigenvalue weighted by Crippen LogP contribution is -2.54. The van der Waals surface area contributed by atoms with E-state index in [1.807, 2.05) is 0 Å². The Kier molecular flexibility index (Phi) is 15.1. The van der Waals surface area contributed by atoms with E-state index in [4.69, 9.17) is 18.9 Å². The average molecular weight is 512 g/mol. The second kappa shape index (κ2) is 16.9. The van der Waals surface area contributed by atoms with Crippen molar-refractivity contribution in [3.05, 3.63) is 20.2 Å². The van der Waals surface area contributed by atoms with E-state index in [0.717, 1.165) is 0 Å². The van der Waals surface area contributed by atoms with E-state index in [2.05, 4.69) is 20.3 Å². The molecule has 0 aliphatic carbocycles. The zero-order valence-corrected chi connectivity index (χ0v) is 20.0. The number of nitrogens with zero attached hydrogens (tertiary/aromatic N) is 2. The van der Waals surface area contributed by atoms with Crippen LogP contribution in [0.2, 0.25) is 0 Å². The van der Waals surface area contributed by atoms with E-state index < -0.39 is 46.1 Å². The van der Waals surface area contributed by atoms with E-state index in [1.165, 1.54) is 6.92 Å². The summed E-state index contributed by atoms with van der Waals surface area (Å²) in [6.07, 6.45) is -2.61. The van der Waals surface area contributed by atoms with Crippen LogP contribution < -0.4 is 10.6 Å². The SMILES string of the molecule is CC(OC(=O)OCCOCCO[N+](=O)[O-])C(NC(=O)OC(C)(C)C)C(=O)NCCCCO[N+](=O)[O-]. The summed E-state index contributed by atoms with van der Waals surface area (Å²) in [5.41, 5.74) is -0.851. The number of carbonyl (C=O) groups excluding carboxylic acids is 3. The van der Waals surface area contributed by atoms with Crippen LogP contribution in [0, 0.1) is 20.2 Å². The van der Waals surface area contributed by atoms with E-state index in [-0.39, 0.29) is 39.6 Å². The molecule has 17 heteroatoms. The summed E-state index contributed by atoms with van der Waals surface area (Å²) in [4.78, 5) is 65.0. The first kappa shape index (κ1) is 31.4. The zero-order valence-electron chi connectivity index (χ0n) is 20.0. The largest absolute Gasteiger partial charge is 0.508 e. The molecule has 35 heavy (non-hydrogen) atoms. The molecule has 0 aromatic heterocycles. The van der Waals surface area contributed by atoms with Crippen molar-refractivity contribution in [3.8, 4) is 0 Å². The van der Waals surface area contributed by atoms with Crippen LogP contribution in [-0.2, 0) is 33.4 Å². The maximum absolute atomic E-state index is 12.6. The third-order valence-corrected chi connectivity index (χ3v) is 3.65. The molecule has 0 fully saturated rings. The highest BCUT2D eigenvalue weighted by atomic mass is 17.0. The number of rotatable bonds is 17. The predicted octanol–water partition coefficient (Wildman–Crippen LogP) is 0.751. The maximum Gasteiger partial charge on any atom is 0.508 e. The number of hydrogen-bond donors (Lipinski definition) is 2. The molecule has 0 aromatic rings. The molecular formula is C18H32N4O13. The highest BCUT2D eigenvalue weighted by Crippen LogP contribution is 2.09. The molecule has 2 amide bonds. The first-order chi connectivity index (χ1) is 16.3. The van der Waals surface area contributed by atoms with Gasteiger partial charge in [0.25, 0.3) is 10.2 Å². The monoisotopic (exact) mass is 512 g/mol. The summed E-state index contributed by atoms with van der Waals surface area (Å²) < 4.78 is 19.9. The van der Waals surface area contributed by atoms with Crippen LogP contribution in [0.4, 0.5) is 9.59 Å². The van der Waals surface area contributed by atoms with Gasteiger partial charge in [-0.15, -0.1) is 20.2 Å². The number of ether oxygens (including phenoxy) is 4. The highest BCUT2D eigenvalue weighted by Gasteiger charge is 2.31. The molecule has 17 nitrogen and oxygen atoms in total. The van der Waals surface area contributed by atoms with Gasteiger partial charge in [-0.3, -0.25) is 4.79 Å². The van der Waals surface area contributed by atoms with Crippen molar-refractivity contribution in [1.29, 1.82) is 0 Å². The van der Waals surface area contributed by atoms with Crippen molar-refractivity contribution in [2.24, 2.45) is 0 Å². The van der Waals surface area contributed by atoms with E-state index in [9.17, 15) is 34.6 Å². The summed E-state index contributed by atoms with van der Waals surface area (Å²) in [7, 11) is 0. The lowest BCUT2D eigenvalue weighted by atomic mass is 10.1. The lowest BCUT2D eigenvalue weighted by Gasteiger charge is -2.26. The Labute approximate surface area is 200 Å². The Morgan fingerprint density at radius 2 is 1.51 bits per heavy atom. The van der Waals surface area contributed by atoms with Crippen molar-refractivity contribution >= 4 is 18.2 Å². The smallest absolute Gasteiger partial charge is 0.444 e. The molecule has 0 aromatic carbocycles. The number of alkyl carbamates (subject to hydrolysis) is 1. The van der Waals surface area contributed by atoms with Crippen LogP contribution in [0.1, 0.15) is 40.5 Å². The molecule has 0 heterocycles. The van der Waals surface area contributed by atoms with Crippen molar-refractivity contribution in [1.82, 2.24) is 10.6 Å². The Morgan fingerprint density at radius 3 is 2.11 bits per heavy atom. The molecule has 0 rings (SSSR count). The van der Waals surface area contributed by atoms with Crippen LogP contribution in [0.25, 0.3) is 0 Å². The van der Waals surface area contributed by atoms with Crippen molar-refractivity contribution in [2.75, 3.05) is 39.6 Å². The molecule has 0 saturated heterocycles. The molecule has 202 valence electrons. The van der Waals surface area contributed by atoms with E-state index in [1.54, 1.807) is 20.8 Å². The molecule has 0 saturated carbocycles. The number of nitrogens with one attached hydrogen (secondary N) is 2. The van der Waals surface area contributed by atoms with Gasteiger partial charge in [0.15, 0.2) is 0 Å². The summed E-state index contributed by atoms with van der Waals surface area (Å²) in [6, 6.07) is -1.34. The fraction of sp³-hybridized carbons (Fsp3) is 0.833. The lowest BCUT2D eigenvalue weighted by molar-refractivity contribution is -0.758. The van der Waals surface area contributed by atoms with Crippen LogP contribution in [0.3, 0.4) is 0 Å². The van der Waals surface area contributed by atoms with Gasteiger partial charge in [-0.2, -0.15) is 0 Å².